The number of aliphatic carboxylic acids is 1. The van der Waals surface area contributed by atoms with Crippen molar-refractivity contribution in [2.45, 2.75) is 83.3 Å². The number of rotatable bonds is 7. The van der Waals surface area contributed by atoms with E-state index in [1.165, 1.54) is 12.8 Å². The summed E-state index contributed by atoms with van der Waals surface area (Å²) in [6.45, 7) is 7.69. The fraction of sp³-hybridized carbons (Fsp3) is 0.933. The van der Waals surface area contributed by atoms with Gasteiger partial charge < -0.3 is 10.8 Å². The van der Waals surface area contributed by atoms with Crippen LogP contribution in [-0.2, 0) is 4.79 Å². The maximum atomic E-state index is 11.4. The second-order valence-corrected chi connectivity index (χ2v) is 6.06. The first kappa shape index (κ1) is 16.4. The van der Waals surface area contributed by atoms with Crippen molar-refractivity contribution in [2.75, 3.05) is 6.54 Å². The molecule has 19 heavy (non-hydrogen) atoms. The number of nitrogens with zero attached hydrogens (tertiary/aromatic N) is 1. The Morgan fingerprint density at radius 2 is 2.21 bits per heavy atom. The maximum Gasteiger partial charge on any atom is 0.323 e. The molecule has 1 aliphatic carbocycles. The van der Waals surface area contributed by atoms with Gasteiger partial charge in [-0.1, -0.05) is 20.3 Å². The average molecular weight is 270 g/mol. The van der Waals surface area contributed by atoms with Gasteiger partial charge in [0.1, 0.15) is 5.54 Å². The molecule has 0 radical (unpaired) electrons. The van der Waals surface area contributed by atoms with Crippen molar-refractivity contribution in [3.63, 3.8) is 0 Å². The van der Waals surface area contributed by atoms with Crippen LogP contribution in [0.25, 0.3) is 0 Å². The van der Waals surface area contributed by atoms with E-state index in [0.717, 1.165) is 25.8 Å². The van der Waals surface area contributed by atoms with E-state index in [9.17, 15) is 9.90 Å². The van der Waals surface area contributed by atoms with Crippen LogP contribution in [0.3, 0.4) is 0 Å². The van der Waals surface area contributed by atoms with Crippen LogP contribution in [0.4, 0.5) is 0 Å². The summed E-state index contributed by atoms with van der Waals surface area (Å²) in [6.07, 6.45) is 6.66. The van der Waals surface area contributed by atoms with Crippen molar-refractivity contribution >= 4 is 5.97 Å². The van der Waals surface area contributed by atoms with Crippen LogP contribution in [0.5, 0.6) is 0 Å². The van der Waals surface area contributed by atoms with Crippen LogP contribution >= 0.6 is 0 Å². The van der Waals surface area contributed by atoms with Gasteiger partial charge in [0, 0.05) is 12.1 Å². The van der Waals surface area contributed by atoms with E-state index in [1.807, 2.05) is 0 Å². The molecule has 0 bridgehead atoms. The third kappa shape index (κ3) is 4.18. The highest BCUT2D eigenvalue weighted by molar-refractivity contribution is 5.78. The molecule has 0 aliphatic heterocycles. The Balaban J connectivity index is 2.75. The van der Waals surface area contributed by atoms with E-state index in [1.54, 1.807) is 0 Å². The van der Waals surface area contributed by atoms with Gasteiger partial charge >= 0.3 is 5.97 Å². The summed E-state index contributed by atoms with van der Waals surface area (Å²) in [4.78, 5) is 13.8. The number of nitrogens with two attached hydrogens (primary N) is 1. The van der Waals surface area contributed by atoms with Gasteiger partial charge in [-0.3, -0.25) is 9.69 Å². The van der Waals surface area contributed by atoms with Crippen LogP contribution in [0.15, 0.2) is 0 Å². The van der Waals surface area contributed by atoms with Gasteiger partial charge in [0.2, 0.25) is 0 Å². The minimum atomic E-state index is -1.01. The summed E-state index contributed by atoms with van der Waals surface area (Å²) in [6, 6.07) is 0.837. The topological polar surface area (TPSA) is 66.6 Å². The summed E-state index contributed by atoms with van der Waals surface area (Å²) in [5, 5.41) is 9.33. The molecule has 0 aromatic heterocycles. The van der Waals surface area contributed by atoms with Crippen LogP contribution in [0.2, 0.25) is 0 Å². The molecule has 1 rings (SSSR count). The standard InChI is InChI=1S/C15H30N2O2/c1-4-6-10-17(12(3)5-2)13-8-7-9-15(16,11-13)14(18)19/h12-13H,4-11,16H2,1-3H3,(H,18,19). The van der Waals surface area contributed by atoms with Crippen LogP contribution < -0.4 is 5.73 Å². The Bertz CT molecular complexity index is 296. The van der Waals surface area contributed by atoms with Crippen LogP contribution in [-0.4, -0.2) is 40.1 Å². The van der Waals surface area contributed by atoms with Gasteiger partial charge in [-0.25, -0.2) is 0 Å². The predicted molar refractivity (Wildman–Crippen MR) is 78.2 cm³/mol. The number of carbonyl (C=O) groups is 1. The summed E-state index contributed by atoms with van der Waals surface area (Å²) < 4.78 is 0. The number of hydrogen-bond donors (Lipinski definition) is 2. The molecular formula is C15H30N2O2. The van der Waals surface area contributed by atoms with Gasteiger partial charge in [-0.05, 0) is 52.0 Å². The molecule has 4 heteroatoms. The minimum Gasteiger partial charge on any atom is -0.480 e. The first-order valence-corrected chi connectivity index (χ1v) is 7.72. The predicted octanol–water partition coefficient (Wildman–Crippen LogP) is 2.61. The fourth-order valence-corrected chi connectivity index (χ4v) is 3.09. The first-order valence-electron chi connectivity index (χ1n) is 7.72. The van der Waals surface area contributed by atoms with E-state index in [0.29, 0.717) is 24.9 Å². The van der Waals surface area contributed by atoms with Crippen molar-refractivity contribution in [3.05, 3.63) is 0 Å². The van der Waals surface area contributed by atoms with Crippen LogP contribution in [0, 0.1) is 0 Å². The van der Waals surface area contributed by atoms with Gasteiger partial charge in [0.05, 0.1) is 0 Å². The molecule has 3 atom stereocenters. The molecule has 0 aromatic rings. The first-order chi connectivity index (χ1) is 8.94. The van der Waals surface area contributed by atoms with Crippen molar-refractivity contribution in [1.29, 1.82) is 0 Å². The second kappa shape index (κ2) is 7.25. The highest BCUT2D eigenvalue weighted by Gasteiger charge is 2.41. The lowest BCUT2D eigenvalue weighted by Crippen LogP contribution is -2.57. The molecule has 1 saturated carbocycles. The summed E-state index contributed by atoms with van der Waals surface area (Å²) in [5.41, 5.74) is 5.06. The lowest BCUT2D eigenvalue weighted by Gasteiger charge is -2.43. The molecule has 3 N–H and O–H groups in total. The number of carboxylic acid groups (broad SMARTS) is 1. The SMILES string of the molecule is CCCCN(C(C)CC)C1CCCC(N)(C(=O)O)C1. The maximum absolute atomic E-state index is 11.4. The molecule has 112 valence electrons. The zero-order valence-electron chi connectivity index (χ0n) is 12.7. The average Bonchev–Trinajstić information content (AvgIpc) is 2.39. The van der Waals surface area contributed by atoms with E-state index >= 15 is 0 Å². The Labute approximate surface area is 117 Å². The molecule has 0 spiro atoms. The van der Waals surface area contributed by atoms with Gasteiger partial charge in [-0.15, -0.1) is 0 Å². The van der Waals surface area contributed by atoms with Gasteiger partial charge in [0.15, 0.2) is 0 Å². The monoisotopic (exact) mass is 270 g/mol. The van der Waals surface area contributed by atoms with Gasteiger partial charge in [-0.2, -0.15) is 0 Å². The fourth-order valence-electron chi connectivity index (χ4n) is 3.09. The second-order valence-electron chi connectivity index (χ2n) is 6.06. The lowest BCUT2D eigenvalue weighted by atomic mass is 9.78. The van der Waals surface area contributed by atoms with Crippen molar-refractivity contribution in [3.8, 4) is 0 Å². The zero-order chi connectivity index (χ0) is 14.5. The highest BCUT2D eigenvalue weighted by atomic mass is 16.4. The van der Waals surface area contributed by atoms with E-state index in [4.69, 9.17) is 5.73 Å². The van der Waals surface area contributed by atoms with Crippen molar-refractivity contribution in [2.24, 2.45) is 5.73 Å². The molecular weight excluding hydrogens is 240 g/mol. The molecule has 0 heterocycles. The molecule has 3 unspecified atom stereocenters. The smallest absolute Gasteiger partial charge is 0.323 e. The largest absolute Gasteiger partial charge is 0.480 e. The Morgan fingerprint density at radius 1 is 1.53 bits per heavy atom. The highest BCUT2D eigenvalue weighted by Crippen LogP contribution is 2.31. The Hall–Kier alpha value is -0.610. The summed E-state index contributed by atoms with van der Waals surface area (Å²) in [7, 11) is 0. The number of unbranched alkanes of at least 4 members (excludes halogenated alkanes) is 1. The molecule has 4 nitrogen and oxygen atoms in total. The van der Waals surface area contributed by atoms with E-state index in [-0.39, 0.29) is 0 Å². The quantitative estimate of drug-likeness (QED) is 0.746. The van der Waals surface area contributed by atoms with E-state index < -0.39 is 11.5 Å². The Morgan fingerprint density at radius 3 is 2.74 bits per heavy atom. The van der Waals surface area contributed by atoms with Gasteiger partial charge in [0.25, 0.3) is 0 Å². The molecule has 0 saturated heterocycles. The molecule has 0 amide bonds. The normalized spacial score (nSPS) is 29.4. The zero-order valence-corrected chi connectivity index (χ0v) is 12.7. The van der Waals surface area contributed by atoms with Crippen molar-refractivity contribution in [1.82, 2.24) is 4.90 Å². The third-order valence-corrected chi connectivity index (χ3v) is 4.58. The Kier molecular flexibility index (Phi) is 6.27. The summed E-state index contributed by atoms with van der Waals surface area (Å²) in [5.74, 6) is -0.836. The third-order valence-electron chi connectivity index (χ3n) is 4.58. The molecule has 1 fully saturated rings. The molecule has 1 aliphatic rings. The molecule has 0 aromatic carbocycles. The van der Waals surface area contributed by atoms with E-state index in [2.05, 4.69) is 25.7 Å². The number of carboxylic acids is 1. The minimum absolute atomic E-state index is 0.330. The van der Waals surface area contributed by atoms with Crippen LogP contribution in [0.1, 0.15) is 65.7 Å². The number of hydrogen-bond acceptors (Lipinski definition) is 3. The lowest BCUT2D eigenvalue weighted by molar-refractivity contribution is -0.145. The van der Waals surface area contributed by atoms with Crippen molar-refractivity contribution < 1.29 is 9.90 Å². The summed E-state index contributed by atoms with van der Waals surface area (Å²) >= 11 is 0.